The monoisotopic (exact) mass is 324 g/mol. The Labute approximate surface area is 145 Å². The Hall–Kier alpha value is -1.78. The Kier molecular flexibility index (Phi) is 5.94. The van der Waals surface area contributed by atoms with E-state index in [1.54, 1.807) is 0 Å². The van der Waals surface area contributed by atoms with Crippen molar-refractivity contribution in [3.05, 3.63) is 59.7 Å². The summed E-state index contributed by atoms with van der Waals surface area (Å²) in [7, 11) is 2.24. The van der Waals surface area contributed by atoms with E-state index in [9.17, 15) is 0 Å². The van der Waals surface area contributed by atoms with Crippen molar-refractivity contribution in [1.82, 2.24) is 19.8 Å². The van der Waals surface area contributed by atoms with E-state index in [-0.39, 0.29) is 0 Å². The van der Waals surface area contributed by atoms with Crippen molar-refractivity contribution >= 4 is 0 Å². The zero-order chi connectivity index (χ0) is 16.8. The molecule has 0 radical (unpaired) electrons. The number of likely N-dealkylation sites (tertiary alicyclic amines) is 1. The number of rotatable bonds is 5. The first-order chi connectivity index (χ1) is 11.7. The fourth-order valence-electron chi connectivity index (χ4n) is 3.54. The van der Waals surface area contributed by atoms with Crippen LogP contribution in [0.1, 0.15) is 36.2 Å². The first kappa shape index (κ1) is 17.1. The van der Waals surface area contributed by atoms with Crippen molar-refractivity contribution in [2.24, 2.45) is 0 Å². The van der Waals surface area contributed by atoms with Crippen molar-refractivity contribution < 1.29 is 0 Å². The highest BCUT2D eigenvalue weighted by molar-refractivity contribution is 5.18. The van der Waals surface area contributed by atoms with E-state index in [1.807, 2.05) is 24.5 Å². The number of pyridine rings is 2. The van der Waals surface area contributed by atoms with Crippen LogP contribution in [0.2, 0.25) is 0 Å². The molecule has 24 heavy (non-hydrogen) atoms. The van der Waals surface area contributed by atoms with Gasteiger partial charge in [-0.05, 0) is 70.1 Å². The van der Waals surface area contributed by atoms with Gasteiger partial charge in [-0.25, -0.2) is 0 Å². The molecule has 1 fully saturated rings. The fourth-order valence-corrected chi connectivity index (χ4v) is 3.54. The normalized spacial score (nSPS) is 19.4. The van der Waals surface area contributed by atoms with E-state index in [2.05, 4.69) is 51.9 Å². The van der Waals surface area contributed by atoms with Crippen molar-refractivity contribution in [2.45, 2.75) is 45.3 Å². The van der Waals surface area contributed by atoms with Crippen LogP contribution in [0, 0.1) is 6.92 Å². The molecule has 4 nitrogen and oxygen atoms in total. The number of aryl methyl sites for hydroxylation is 1. The van der Waals surface area contributed by atoms with Crippen LogP contribution in [0.4, 0.5) is 0 Å². The summed E-state index contributed by atoms with van der Waals surface area (Å²) in [4.78, 5) is 13.9. The molecule has 4 heteroatoms. The van der Waals surface area contributed by atoms with Crippen LogP contribution in [0.3, 0.4) is 0 Å². The van der Waals surface area contributed by atoms with Crippen molar-refractivity contribution in [2.75, 3.05) is 20.1 Å². The van der Waals surface area contributed by atoms with E-state index in [0.29, 0.717) is 6.04 Å². The molecule has 1 aliphatic rings. The minimum absolute atomic E-state index is 0.645. The summed E-state index contributed by atoms with van der Waals surface area (Å²) < 4.78 is 0. The van der Waals surface area contributed by atoms with Crippen LogP contribution in [0.5, 0.6) is 0 Å². The SMILES string of the molecule is Cc1ncccc1CN1CCC[C@@H](N(C)Cc2ccccn2)CC1. The molecular weight excluding hydrogens is 296 g/mol. The van der Waals surface area contributed by atoms with Gasteiger partial charge in [0.05, 0.1) is 5.69 Å². The molecule has 2 aromatic rings. The summed E-state index contributed by atoms with van der Waals surface area (Å²) in [6, 6.07) is 11.1. The van der Waals surface area contributed by atoms with Gasteiger partial charge in [-0.3, -0.25) is 19.8 Å². The minimum Gasteiger partial charge on any atom is -0.299 e. The molecule has 0 spiro atoms. The Morgan fingerprint density at radius 3 is 2.75 bits per heavy atom. The second-order valence-electron chi connectivity index (χ2n) is 6.85. The molecule has 0 amide bonds. The third kappa shape index (κ3) is 4.62. The third-order valence-corrected chi connectivity index (χ3v) is 5.06. The predicted molar refractivity (Wildman–Crippen MR) is 97.6 cm³/mol. The molecule has 0 saturated carbocycles. The number of hydrogen-bond donors (Lipinski definition) is 0. The van der Waals surface area contributed by atoms with E-state index in [4.69, 9.17) is 0 Å². The topological polar surface area (TPSA) is 32.3 Å². The molecule has 0 aromatic carbocycles. The van der Waals surface area contributed by atoms with Crippen LogP contribution < -0.4 is 0 Å². The maximum atomic E-state index is 4.46. The van der Waals surface area contributed by atoms with Crippen LogP contribution >= 0.6 is 0 Å². The van der Waals surface area contributed by atoms with E-state index in [0.717, 1.165) is 31.0 Å². The lowest BCUT2D eigenvalue weighted by molar-refractivity contribution is 0.204. The van der Waals surface area contributed by atoms with Crippen LogP contribution in [-0.4, -0.2) is 45.9 Å². The summed E-state index contributed by atoms with van der Waals surface area (Å²) in [5.41, 5.74) is 3.68. The van der Waals surface area contributed by atoms with Crippen LogP contribution in [0.15, 0.2) is 42.7 Å². The average molecular weight is 324 g/mol. The zero-order valence-corrected chi connectivity index (χ0v) is 14.9. The maximum Gasteiger partial charge on any atom is 0.0543 e. The van der Waals surface area contributed by atoms with Crippen molar-refractivity contribution in [3.63, 3.8) is 0 Å². The summed E-state index contributed by atoms with van der Waals surface area (Å²) in [5.74, 6) is 0. The molecule has 0 aliphatic carbocycles. The lowest BCUT2D eigenvalue weighted by Gasteiger charge is -2.27. The highest BCUT2D eigenvalue weighted by Crippen LogP contribution is 2.19. The number of aromatic nitrogens is 2. The van der Waals surface area contributed by atoms with Gasteiger partial charge in [0.1, 0.15) is 0 Å². The lowest BCUT2D eigenvalue weighted by atomic mass is 10.1. The number of hydrogen-bond acceptors (Lipinski definition) is 4. The van der Waals surface area contributed by atoms with E-state index in [1.165, 1.54) is 31.4 Å². The van der Waals surface area contributed by atoms with E-state index < -0.39 is 0 Å². The lowest BCUT2D eigenvalue weighted by Crippen LogP contribution is -2.32. The van der Waals surface area contributed by atoms with Crippen LogP contribution in [-0.2, 0) is 13.1 Å². The molecule has 0 bridgehead atoms. The Morgan fingerprint density at radius 1 is 1.08 bits per heavy atom. The Morgan fingerprint density at radius 2 is 1.96 bits per heavy atom. The molecule has 0 unspecified atom stereocenters. The molecule has 3 heterocycles. The molecule has 0 N–H and O–H groups in total. The largest absolute Gasteiger partial charge is 0.299 e. The Balaban J connectivity index is 1.54. The molecule has 1 saturated heterocycles. The summed E-state index contributed by atoms with van der Waals surface area (Å²) in [5, 5.41) is 0. The quantitative estimate of drug-likeness (QED) is 0.845. The van der Waals surface area contributed by atoms with Gasteiger partial charge in [0, 0.05) is 37.2 Å². The Bertz CT molecular complexity index is 629. The highest BCUT2D eigenvalue weighted by atomic mass is 15.2. The maximum absolute atomic E-state index is 4.46. The van der Waals surface area contributed by atoms with Gasteiger partial charge in [-0.15, -0.1) is 0 Å². The van der Waals surface area contributed by atoms with E-state index >= 15 is 0 Å². The summed E-state index contributed by atoms with van der Waals surface area (Å²) >= 11 is 0. The molecule has 3 rings (SSSR count). The van der Waals surface area contributed by atoms with Gasteiger partial charge < -0.3 is 0 Å². The number of nitrogens with zero attached hydrogens (tertiary/aromatic N) is 4. The van der Waals surface area contributed by atoms with Gasteiger partial charge in [0.15, 0.2) is 0 Å². The second-order valence-corrected chi connectivity index (χ2v) is 6.85. The summed E-state index contributed by atoms with van der Waals surface area (Å²) in [6.07, 6.45) is 7.52. The summed E-state index contributed by atoms with van der Waals surface area (Å²) in [6.45, 7) is 6.41. The fraction of sp³-hybridized carbons (Fsp3) is 0.500. The molecule has 2 aromatic heterocycles. The minimum atomic E-state index is 0.645. The average Bonchev–Trinajstić information content (AvgIpc) is 2.84. The second kappa shape index (κ2) is 8.36. The highest BCUT2D eigenvalue weighted by Gasteiger charge is 2.21. The first-order valence-electron chi connectivity index (χ1n) is 8.95. The molecule has 1 aliphatic heterocycles. The first-order valence-corrected chi connectivity index (χ1v) is 8.95. The van der Waals surface area contributed by atoms with Crippen molar-refractivity contribution in [1.29, 1.82) is 0 Å². The predicted octanol–water partition coefficient (Wildman–Crippen LogP) is 3.27. The van der Waals surface area contributed by atoms with Gasteiger partial charge in [0.25, 0.3) is 0 Å². The smallest absolute Gasteiger partial charge is 0.0543 e. The molecule has 128 valence electrons. The van der Waals surface area contributed by atoms with Gasteiger partial charge >= 0.3 is 0 Å². The van der Waals surface area contributed by atoms with Crippen LogP contribution in [0.25, 0.3) is 0 Å². The van der Waals surface area contributed by atoms with Gasteiger partial charge in [-0.2, -0.15) is 0 Å². The standard InChI is InChI=1S/C20H28N4/c1-17-18(7-5-12-21-17)15-24-13-6-9-20(10-14-24)23(2)16-19-8-3-4-11-22-19/h3-5,7-8,11-12,20H,6,9-10,13-16H2,1-2H3/t20-/m1/s1. The molecule has 1 atom stereocenters. The molecular formula is C20H28N4. The third-order valence-electron chi connectivity index (χ3n) is 5.06. The van der Waals surface area contributed by atoms with Gasteiger partial charge in [0.2, 0.25) is 0 Å². The van der Waals surface area contributed by atoms with Gasteiger partial charge in [-0.1, -0.05) is 12.1 Å². The zero-order valence-electron chi connectivity index (χ0n) is 14.9. The van der Waals surface area contributed by atoms with Crippen molar-refractivity contribution in [3.8, 4) is 0 Å².